The summed E-state index contributed by atoms with van der Waals surface area (Å²) in [5.41, 5.74) is 0.628. The number of ether oxygens (including phenoxy) is 1. The van der Waals surface area contributed by atoms with Crippen LogP contribution in [0.1, 0.15) is 31.2 Å². The van der Waals surface area contributed by atoms with Crippen LogP contribution in [0, 0.1) is 5.92 Å². The van der Waals surface area contributed by atoms with Gasteiger partial charge in [-0.25, -0.2) is 0 Å². The molecule has 2 atom stereocenters. The molecule has 6 heteroatoms. The van der Waals surface area contributed by atoms with Crippen LogP contribution >= 0.6 is 0 Å². The third-order valence-corrected chi connectivity index (χ3v) is 4.02. The molecule has 1 aromatic carbocycles. The van der Waals surface area contributed by atoms with E-state index in [-0.39, 0.29) is 24.6 Å². The fraction of sp³-hybridized carbons (Fsp3) is 0.600. The first-order valence-corrected chi connectivity index (χ1v) is 7.06. The van der Waals surface area contributed by atoms with Crippen molar-refractivity contribution in [2.45, 2.75) is 44.4 Å². The standard InChI is InChI=1S/C15H20F3NO2/c1-21-13-7-2-4-10(14(13)20)9-19-12-6-3-5-11(8-12)15(16,17)18/h2,4,7,11-12,19-20H,3,5-6,8-9H2,1H3. The maximum atomic E-state index is 12.8. The number of phenolic OH excluding ortho intramolecular Hbond substituents is 1. The van der Waals surface area contributed by atoms with Gasteiger partial charge < -0.3 is 15.2 Å². The second-order valence-corrected chi connectivity index (χ2v) is 5.45. The van der Waals surface area contributed by atoms with Crippen molar-refractivity contribution < 1.29 is 23.0 Å². The summed E-state index contributed by atoms with van der Waals surface area (Å²) in [6.45, 7) is 0.332. The number of rotatable bonds is 4. The monoisotopic (exact) mass is 303 g/mol. The molecule has 1 aliphatic rings. The van der Waals surface area contributed by atoms with Gasteiger partial charge >= 0.3 is 6.18 Å². The van der Waals surface area contributed by atoms with Crippen LogP contribution in [0.4, 0.5) is 13.2 Å². The first-order valence-electron chi connectivity index (χ1n) is 7.06. The van der Waals surface area contributed by atoms with E-state index < -0.39 is 12.1 Å². The summed E-state index contributed by atoms with van der Waals surface area (Å²) in [5.74, 6) is -0.815. The summed E-state index contributed by atoms with van der Waals surface area (Å²) in [7, 11) is 1.46. The van der Waals surface area contributed by atoms with E-state index in [1.54, 1.807) is 18.2 Å². The maximum absolute atomic E-state index is 12.8. The van der Waals surface area contributed by atoms with Crippen molar-refractivity contribution in [3.05, 3.63) is 23.8 Å². The smallest absolute Gasteiger partial charge is 0.391 e. The zero-order chi connectivity index (χ0) is 15.5. The van der Waals surface area contributed by atoms with E-state index in [0.717, 1.165) is 6.42 Å². The van der Waals surface area contributed by atoms with Crippen LogP contribution in [0.15, 0.2) is 18.2 Å². The van der Waals surface area contributed by atoms with E-state index in [9.17, 15) is 18.3 Å². The molecular weight excluding hydrogens is 283 g/mol. The molecule has 0 aromatic heterocycles. The van der Waals surface area contributed by atoms with Gasteiger partial charge in [-0.3, -0.25) is 0 Å². The van der Waals surface area contributed by atoms with Crippen molar-refractivity contribution in [1.29, 1.82) is 0 Å². The van der Waals surface area contributed by atoms with Crippen LogP contribution < -0.4 is 10.1 Å². The van der Waals surface area contributed by atoms with Crippen molar-refractivity contribution in [3.8, 4) is 11.5 Å². The largest absolute Gasteiger partial charge is 0.504 e. The molecule has 118 valence electrons. The highest BCUT2D eigenvalue weighted by Gasteiger charge is 2.41. The van der Waals surface area contributed by atoms with E-state index in [1.807, 2.05) is 0 Å². The van der Waals surface area contributed by atoms with Gasteiger partial charge in [-0.05, 0) is 25.3 Å². The lowest BCUT2D eigenvalue weighted by Gasteiger charge is -2.31. The topological polar surface area (TPSA) is 41.5 Å². The van der Waals surface area contributed by atoms with E-state index in [4.69, 9.17) is 4.74 Å². The average Bonchev–Trinajstić information content (AvgIpc) is 2.45. The van der Waals surface area contributed by atoms with Gasteiger partial charge in [-0.2, -0.15) is 13.2 Å². The molecule has 2 N–H and O–H groups in total. The number of alkyl halides is 3. The van der Waals surface area contributed by atoms with E-state index in [2.05, 4.69) is 5.32 Å². The predicted octanol–water partition coefficient (Wildman–Crippen LogP) is 3.61. The number of aromatic hydroxyl groups is 1. The summed E-state index contributed by atoms with van der Waals surface area (Å²) < 4.78 is 43.3. The molecule has 0 heterocycles. The molecule has 0 spiro atoms. The molecule has 0 aliphatic heterocycles. The van der Waals surface area contributed by atoms with Crippen molar-refractivity contribution in [3.63, 3.8) is 0 Å². The quantitative estimate of drug-likeness (QED) is 0.893. The van der Waals surface area contributed by atoms with Gasteiger partial charge in [0.05, 0.1) is 13.0 Å². The number of phenols is 1. The second kappa shape index (κ2) is 6.56. The van der Waals surface area contributed by atoms with Crippen molar-refractivity contribution >= 4 is 0 Å². The molecule has 0 amide bonds. The summed E-state index contributed by atoms with van der Waals surface area (Å²) in [6, 6.07) is 4.94. The molecule has 0 saturated heterocycles. The number of hydrogen-bond acceptors (Lipinski definition) is 3. The third kappa shape index (κ3) is 4.03. The summed E-state index contributed by atoms with van der Waals surface area (Å²) in [6.07, 6.45) is -2.48. The Morgan fingerprint density at radius 3 is 2.76 bits per heavy atom. The summed E-state index contributed by atoms with van der Waals surface area (Å²) in [5, 5.41) is 13.1. The number of para-hydroxylation sites is 1. The minimum Gasteiger partial charge on any atom is -0.504 e. The van der Waals surface area contributed by atoms with E-state index in [0.29, 0.717) is 24.3 Å². The Kier molecular flexibility index (Phi) is 4.98. The van der Waals surface area contributed by atoms with Gasteiger partial charge in [-0.15, -0.1) is 0 Å². The van der Waals surface area contributed by atoms with Crippen LogP contribution in [0.25, 0.3) is 0 Å². The lowest BCUT2D eigenvalue weighted by molar-refractivity contribution is -0.183. The average molecular weight is 303 g/mol. The van der Waals surface area contributed by atoms with Crippen LogP contribution in [-0.4, -0.2) is 24.4 Å². The van der Waals surface area contributed by atoms with Crippen molar-refractivity contribution in [2.24, 2.45) is 5.92 Å². The fourth-order valence-corrected chi connectivity index (χ4v) is 2.80. The minimum absolute atomic E-state index is 0.0377. The summed E-state index contributed by atoms with van der Waals surface area (Å²) >= 11 is 0. The number of halogens is 3. The number of nitrogens with one attached hydrogen (secondary N) is 1. The van der Waals surface area contributed by atoms with Crippen molar-refractivity contribution in [1.82, 2.24) is 5.32 Å². The van der Waals surface area contributed by atoms with E-state index >= 15 is 0 Å². The maximum Gasteiger partial charge on any atom is 0.391 e. The van der Waals surface area contributed by atoms with Crippen LogP contribution in [0.5, 0.6) is 11.5 Å². The Labute approximate surface area is 122 Å². The zero-order valence-electron chi connectivity index (χ0n) is 11.9. The fourth-order valence-electron chi connectivity index (χ4n) is 2.80. The minimum atomic E-state index is -4.11. The van der Waals surface area contributed by atoms with Crippen LogP contribution in [0.3, 0.4) is 0 Å². The van der Waals surface area contributed by atoms with Gasteiger partial charge in [0.25, 0.3) is 0 Å². The highest BCUT2D eigenvalue weighted by molar-refractivity contribution is 5.45. The Morgan fingerprint density at radius 1 is 1.33 bits per heavy atom. The van der Waals surface area contributed by atoms with Gasteiger partial charge in [0.15, 0.2) is 11.5 Å². The van der Waals surface area contributed by atoms with Gasteiger partial charge in [0.1, 0.15) is 0 Å². The zero-order valence-corrected chi connectivity index (χ0v) is 11.9. The first kappa shape index (κ1) is 15.9. The Bertz CT molecular complexity index is 476. The van der Waals surface area contributed by atoms with E-state index in [1.165, 1.54) is 7.11 Å². The molecule has 2 rings (SSSR count). The van der Waals surface area contributed by atoms with Crippen LogP contribution in [0.2, 0.25) is 0 Å². The van der Waals surface area contributed by atoms with Gasteiger partial charge in [0, 0.05) is 18.2 Å². The molecule has 3 nitrogen and oxygen atoms in total. The highest BCUT2D eigenvalue weighted by atomic mass is 19.4. The molecule has 21 heavy (non-hydrogen) atoms. The Morgan fingerprint density at radius 2 is 2.10 bits per heavy atom. The molecule has 2 unspecified atom stereocenters. The van der Waals surface area contributed by atoms with Gasteiger partial charge in [0.2, 0.25) is 0 Å². The molecule has 0 bridgehead atoms. The normalized spacial score (nSPS) is 23.0. The molecular formula is C15H20F3NO2. The number of benzene rings is 1. The second-order valence-electron chi connectivity index (χ2n) is 5.45. The molecule has 1 aliphatic carbocycles. The highest BCUT2D eigenvalue weighted by Crippen LogP contribution is 2.37. The third-order valence-electron chi connectivity index (χ3n) is 4.02. The number of hydrogen-bond donors (Lipinski definition) is 2. The lowest BCUT2D eigenvalue weighted by Crippen LogP contribution is -2.38. The van der Waals surface area contributed by atoms with Gasteiger partial charge in [-0.1, -0.05) is 18.6 Å². The Hall–Kier alpha value is -1.43. The Balaban J connectivity index is 1.94. The summed E-state index contributed by atoms with van der Waals surface area (Å²) in [4.78, 5) is 0. The lowest BCUT2D eigenvalue weighted by atomic mass is 9.85. The van der Waals surface area contributed by atoms with Crippen molar-refractivity contribution in [2.75, 3.05) is 7.11 Å². The molecule has 0 radical (unpaired) electrons. The first-order chi connectivity index (χ1) is 9.91. The van der Waals surface area contributed by atoms with Crippen LogP contribution in [-0.2, 0) is 6.54 Å². The molecule has 1 saturated carbocycles. The number of methoxy groups -OCH3 is 1. The predicted molar refractivity (Wildman–Crippen MR) is 73.3 cm³/mol. The molecule has 1 aromatic rings. The molecule has 1 fully saturated rings. The SMILES string of the molecule is COc1cccc(CNC2CCCC(C(F)(F)F)C2)c1O.